The fraction of sp³-hybridized carbons (Fsp3) is 0.429. The van der Waals surface area contributed by atoms with E-state index in [1.807, 2.05) is 0 Å². The van der Waals surface area contributed by atoms with E-state index in [-0.39, 0.29) is 0 Å². The molecule has 0 atom stereocenters. The average Bonchev–Trinajstić information content (AvgIpc) is 2.29. The van der Waals surface area contributed by atoms with Gasteiger partial charge in [-0.3, -0.25) is 4.90 Å². The van der Waals surface area contributed by atoms with Crippen molar-refractivity contribution >= 4 is 21.5 Å². The second-order valence-electron chi connectivity index (χ2n) is 4.65. The van der Waals surface area contributed by atoms with Crippen LogP contribution in [-0.2, 0) is 6.54 Å². The first kappa shape index (κ1) is 12.8. The van der Waals surface area contributed by atoms with Gasteiger partial charge in [0.25, 0.3) is 0 Å². The fourth-order valence-electron chi connectivity index (χ4n) is 2.12. The summed E-state index contributed by atoms with van der Waals surface area (Å²) in [6.07, 6.45) is 0. The van der Waals surface area contributed by atoms with Crippen LogP contribution in [0, 0.1) is 0 Å². The van der Waals surface area contributed by atoms with E-state index in [9.17, 15) is 0 Å². The van der Waals surface area contributed by atoms with Gasteiger partial charge in [-0.15, -0.1) is 0 Å². The van der Waals surface area contributed by atoms with Crippen molar-refractivity contribution in [3.8, 4) is 0 Å². The number of allylic oxidation sites excluding steroid dienone is 1. The summed E-state index contributed by atoms with van der Waals surface area (Å²) < 4.78 is 1.14. The minimum Gasteiger partial charge on any atom is -0.314 e. The number of hydrogen-bond acceptors (Lipinski definition) is 2. The lowest BCUT2D eigenvalue weighted by Crippen LogP contribution is -2.42. The van der Waals surface area contributed by atoms with Gasteiger partial charge in [-0.25, -0.2) is 0 Å². The molecule has 0 aromatic heterocycles. The zero-order chi connectivity index (χ0) is 12.3. The van der Waals surface area contributed by atoms with Gasteiger partial charge in [0.05, 0.1) is 0 Å². The predicted molar refractivity (Wildman–Crippen MR) is 77.0 cm³/mol. The number of halogens is 1. The zero-order valence-electron chi connectivity index (χ0n) is 10.3. The number of benzene rings is 1. The Hall–Kier alpha value is -0.640. The second-order valence-corrected chi connectivity index (χ2v) is 5.57. The van der Waals surface area contributed by atoms with Gasteiger partial charge in [-0.05, 0) is 30.2 Å². The van der Waals surface area contributed by atoms with Crippen molar-refractivity contribution in [2.75, 3.05) is 26.2 Å². The van der Waals surface area contributed by atoms with Crippen molar-refractivity contribution in [1.29, 1.82) is 0 Å². The average molecular weight is 295 g/mol. The summed E-state index contributed by atoms with van der Waals surface area (Å²) in [5.74, 6) is 0. The zero-order valence-corrected chi connectivity index (χ0v) is 11.9. The van der Waals surface area contributed by atoms with Crippen molar-refractivity contribution in [3.63, 3.8) is 0 Å². The Bertz CT molecular complexity index is 409. The van der Waals surface area contributed by atoms with Gasteiger partial charge in [-0.1, -0.05) is 34.1 Å². The van der Waals surface area contributed by atoms with Crippen LogP contribution in [0.5, 0.6) is 0 Å². The Kier molecular flexibility index (Phi) is 4.37. The Balaban J connectivity index is 2.11. The predicted octanol–water partition coefficient (Wildman–Crippen LogP) is 2.89. The van der Waals surface area contributed by atoms with Crippen molar-refractivity contribution in [1.82, 2.24) is 10.2 Å². The number of hydrogen-bond donors (Lipinski definition) is 1. The maximum absolute atomic E-state index is 4.01. The SMILES string of the molecule is C=C(C)c1cc(Br)cc(CN2CCNCC2)c1. The largest absolute Gasteiger partial charge is 0.314 e. The highest BCUT2D eigenvalue weighted by Crippen LogP contribution is 2.21. The molecule has 1 aliphatic heterocycles. The Labute approximate surface area is 112 Å². The summed E-state index contributed by atoms with van der Waals surface area (Å²) >= 11 is 3.57. The van der Waals surface area contributed by atoms with E-state index in [2.05, 4.69) is 57.8 Å². The molecule has 1 N–H and O–H groups in total. The lowest BCUT2D eigenvalue weighted by Gasteiger charge is -2.27. The number of piperazine rings is 1. The molecule has 0 aliphatic carbocycles. The molecule has 92 valence electrons. The van der Waals surface area contributed by atoms with Gasteiger partial charge >= 0.3 is 0 Å². The van der Waals surface area contributed by atoms with E-state index in [1.165, 1.54) is 11.1 Å². The molecule has 1 aromatic rings. The fourth-order valence-corrected chi connectivity index (χ4v) is 2.66. The van der Waals surface area contributed by atoms with Gasteiger partial charge < -0.3 is 5.32 Å². The standard InChI is InChI=1S/C14H19BrN2/c1-11(2)13-7-12(8-14(15)9-13)10-17-5-3-16-4-6-17/h7-9,16H,1,3-6,10H2,2H3. The van der Waals surface area contributed by atoms with Crippen LogP contribution >= 0.6 is 15.9 Å². The minimum absolute atomic E-state index is 1.03. The monoisotopic (exact) mass is 294 g/mol. The van der Waals surface area contributed by atoms with Gasteiger partial charge in [0.1, 0.15) is 0 Å². The Morgan fingerprint density at radius 1 is 1.35 bits per heavy atom. The van der Waals surface area contributed by atoms with Gasteiger partial charge in [0.2, 0.25) is 0 Å². The summed E-state index contributed by atoms with van der Waals surface area (Å²) in [5.41, 5.74) is 3.71. The van der Waals surface area contributed by atoms with Crippen molar-refractivity contribution in [3.05, 3.63) is 40.4 Å². The van der Waals surface area contributed by atoms with Crippen LogP contribution in [0.15, 0.2) is 29.3 Å². The topological polar surface area (TPSA) is 15.3 Å². The molecular weight excluding hydrogens is 276 g/mol. The first-order valence-electron chi connectivity index (χ1n) is 6.03. The molecule has 17 heavy (non-hydrogen) atoms. The molecular formula is C14H19BrN2. The number of rotatable bonds is 3. The second kappa shape index (κ2) is 5.80. The van der Waals surface area contributed by atoms with Gasteiger partial charge in [0.15, 0.2) is 0 Å². The Morgan fingerprint density at radius 2 is 2.06 bits per heavy atom. The first-order chi connectivity index (χ1) is 8.15. The molecule has 0 radical (unpaired) electrons. The van der Waals surface area contributed by atoms with E-state index < -0.39 is 0 Å². The molecule has 0 amide bonds. The summed E-state index contributed by atoms with van der Waals surface area (Å²) in [7, 11) is 0. The normalized spacial score (nSPS) is 17.1. The van der Waals surface area contributed by atoms with Crippen molar-refractivity contribution < 1.29 is 0 Å². The van der Waals surface area contributed by atoms with E-state index in [4.69, 9.17) is 0 Å². The molecule has 1 fully saturated rings. The molecule has 2 nitrogen and oxygen atoms in total. The van der Waals surface area contributed by atoms with Crippen LogP contribution in [-0.4, -0.2) is 31.1 Å². The third-order valence-electron chi connectivity index (χ3n) is 3.07. The van der Waals surface area contributed by atoms with E-state index in [0.29, 0.717) is 0 Å². The molecule has 1 heterocycles. The van der Waals surface area contributed by atoms with Crippen LogP contribution in [0.25, 0.3) is 5.57 Å². The molecule has 1 saturated heterocycles. The molecule has 3 heteroatoms. The van der Waals surface area contributed by atoms with Crippen LogP contribution < -0.4 is 5.32 Å². The highest BCUT2D eigenvalue weighted by molar-refractivity contribution is 9.10. The number of nitrogens with one attached hydrogen (secondary N) is 1. The highest BCUT2D eigenvalue weighted by atomic mass is 79.9. The Morgan fingerprint density at radius 3 is 2.71 bits per heavy atom. The first-order valence-corrected chi connectivity index (χ1v) is 6.83. The molecule has 0 spiro atoms. The lowest BCUT2D eigenvalue weighted by molar-refractivity contribution is 0.233. The summed E-state index contributed by atoms with van der Waals surface area (Å²) in [6.45, 7) is 11.6. The summed E-state index contributed by atoms with van der Waals surface area (Å²) in [4.78, 5) is 2.49. The van der Waals surface area contributed by atoms with Crippen LogP contribution in [0.2, 0.25) is 0 Å². The van der Waals surface area contributed by atoms with Crippen LogP contribution in [0.4, 0.5) is 0 Å². The summed E-state index contributed by atoms with van der Waals surface area (Å²) in [6, 6.07) is 6.58. The van der Waals surface area contributed by atoms with E-state index in [0.717, 1.165) is 42.8 Å². The molecule has 0 unspecified atom stereocenters. The van der Waals surface area contributed by atoms with Crippen molar-refractivity contribution in [2.24, 2.45) is 0 Å². The quantitative estimate of drug-likeness (QED) is 0.922. The van der Waals surface area contributed by atoms with Crippen LogP contribution in [0.1, 0.15) is 18.1 Å². The minimum atomic E-state index is 1.03. The maximum atomic E-state index is 4.01. The summed E-state index contributed by atoms with van der Waals surface area (Å²) in [5, 5.41) is 3.38. The maximum Gasteiger partial charge on any atom is 0.0235 e. The van der Waals surface area contributed by atoms with Gasteiger partial charge in [-0.2, -0.15) is 0 Å². The molecule has 0 bridgehead atoms. The van der Waals surface area contributed by atoms with Crippen molar-refractivity contribution in [2.45, 2.75) is 13.5 Å². The number of nitrogens with zero attached hydrogens (tertiary/aromatic N) is 1. The molecule has 1 aromatic carbocycles. The lowest BCUT2D eigenvalue weighted by atomic mass is 10.1. The van der Waals surface area contributed by atoms with E-state index in [1.54, 1.807) is 0 Å². The highest BCUT2D eigenvalue weighted by Gasteiger charge is 2.10. The third-order valence-corrected chi connectivity index (χ3v) is 3.52. The molecule has 2 rings (SSSR count). The van der Waals surface area contributed by atoms with E-state index >= 15 is 0 Å². The molecule has 0 saturated carbocycles. The third kappa shape index (κ3) is 3.66. The van der Waals surface area contributed by atoms with Crippen LogP contribution in [0.3, 0.4) is 0 Å². The van der Waals surface area contributed by atoms with Gasteiger partial charge in [0, 0.05) is 37.2 Å². The molecule has 1 aliphatic rings. The smallest absolute Gasteiger partial charge is 0.0235 e.